The third-order valence-electron chi connectivity index (χ3n) is 5.14. The second kappa shape index (κ2) is 6.55. The van der Waals surface area contributed by atoms with Gasteiger partial charge in [-0.25, -0.2) is 9.97 Å². The Morgan fingerprint density at radius 2 is 2.00 bits per heavy atom. The van der Waals surface area contributed by atoms with Gasteiger partial charge in [0.05, 0.1) is 16.9 Å². The molecule has 6 nitrogen and oxygen atoms in total. The summed E-state index contributed by atoms with van der Waals surface area (Å²) in [6, 6.07) is 12.3. The van der Waals surface area contributed by atoms with E-state index in [2.05, 4.69) is 39.1 Å². The summed E-state index contributed by atoms with van der Waals surface area (Å²) >= 11 is 0. The van der Waals surface area contributed by atoms with E-state index in [1.807, 2.05) is 36.3 Å². The van der Waals surface area contributed by atoms with Crippen LogP contribution in [0.2, 0.25) is 0 Å². The summed E-state index contributed by atoms with van der Waals surface area (Å²) < 4.78 is 1.96. The van der Waals surface area contributed by atoms with Gasteiger partial charge in [0.2, 0.25) is 0 Å². The van der Waals surface area contributed by atoms with E-state index < -0.39 is 0 Å². The van der Waals surface area contributed by atoms with E-state index in [0.717, 1.165) is 48.8 Å². The second-order valence-electron chi connectivity index (χ2n) is 6.96. The lowest BCUT2D eigenvalue weighted by atomic mass is 10.1. The van der Waals surface area contributed by atoms with Crippen LogP contribution in [0.25, 0.3) is 22.3 Å². The first-order valence-electron chi connectivity index (χ1n) is 9.16. The van der Waals surface area contributed by atoms with E-state index >= 15 is 0 Å². The largest absolute Gasteiger partial charge is 0.293 e. The number of hydrogen-bond donors (Lipinski definition) is 0. The third-order valence-corrected chi connectivity index (χ3v) is 5.14. The molecule has 0 saturated heterocycles. The van der Waals surface area contributed by atoms with Crippen LogP contribution in [-0.2, 0) is 26.6 Å². The highest BCUT2D eigenvalue weighted by Crippen LogP contribution is 2.24. The number of nitrogens with zero attached hydrogens (tertiary/aromatic N) is 6. The molecule has 0 spiro atoms. The van der Waals surface area contributed by atoms with Crippen molar-refractivity contribution in [1.29, 1.82) is 0 Å². The van der Waals surface area contributed by atoms with Crippen LogP contribution in [0.1, 0.15) is 17.0 Å². The highest BCUT2D eigenvalue weighted by molar-refractivity contribution is 5.81. The van der Waals surface area contributed by atoms with Crippen molar-refractivity contribution in [3.8, 4) is 11.4 Å². The number of aryl methyl sites for hydroxylation is 1. The fourth-order valence-electron chi connectivity index (χ4n) is 3.76. The SMILES string of the molecule is Cn1nc(CN2CCc3nc(-c4cccnc4)ncc3C2)c2ccccc21. The molecule has 4 aromatic rings. The molecule has 1 aliphatic rings. The molecule has 0 bridgehead atoms. The average Bonchev–Trinajstić information content (AvgIpc) is 3.04. The quantitative estimate of drug-likeness (QED) is 0.565. The summed E-state index contributed by atoms with van der Waals surface area (Å²) in [5, 5.41) is 5.96. The minimum absolute atomic E-state index is 0.756. The predicted molar refractivity (Wildman–Crippen MR) is 104 cm³/mol. The summed E-state index contributed by atoms with van der Waals surface area (Å²) in [5.74, 6) is 0.756. The van der Waals surface area contributed by atoms with Crippen molar-refractivity contribution < 1.29 is 0 Å². The molecule has 0 amide bonds. The zero-order chi connectivity index (χ0) is 18.2. The fraction of sp³-hybridized carbons (Fsp3) is 0.238. The number of para-hydroxylation sites is 1. The van der Waals surface area contributed by atoms with Crippen molar-refractivity contribution in [2.75, 3.05) is 6.54 Å². The monoisotopic (exact) mass is 356 g/mol. The van der Waals surface area contributed by atoms with Crippen LogP contribution in [-0.4, -0.2) is 36.2 Å². The predicted octanol–water partition coefficient (Wildman–Crippen LogP) is 2.98. The average molecular weight is 356 g/mol. The van der Waals surface area contributed by atoms with Gasteiger partial charge in [-0.3, -0.25) is 14.6 Å². The van der Waals surface area contributed by atoms with Crippen molar-refractivity contribution in [3.05, 3.63) is 71.9 Å². The van der Waals surface area contributed by atoms with Crippen LogP contribution in [0, 0.1) is 0 Å². The Morgan fingerprint density at radius 3 is 2.89 bits per heavy atom. The van der Waals surface area contributed by atoms with Crippen LogP contribution in [0.3, 0.4) is 0 Å². The Morgan fingerprint density at radius 1 is 1.07 bits per heavy atom. The van der Waals surface area contributed by atoms with Crippen molar-refractivity contribution in [3.63, 3.8) is 0 Å². The molecule has 5 rings (SSSR count). The topological polar surface area (TPSA) is 59.7 Å². The lowest BCUT2D eigenvalue weighted by molar-refractivity contribution is 0.240. The molecule has 0 aliphatic carbocycles. The molecular formula is C21H20N6. The summed E-state index contributed by atoms with van der Waals surface area (Å²) in [7, 11) is 2.01. The van der Waals surface area contributed by atoms with Gasteiger partial charge in [0.15, 0.2) is 5.82 Å². The zero-order valence-corrected chi connectivity index (χ0v) is 15.2. The molecule has 134 valence electrons. The summed E-state index contributed by atoms with van der Waals surface area (Å²) in [4.78, 5) is 15.9. The normalized spacial score (nSPS) is 14.4. The minimum Gasteiger partial charge on any atom is -0.293 e. The van der Waals surface area contributed by atoms with E-state index in [9.17, 15) is 0 Å². The van der Waals surface area contributed by atoms with Crippen molar-refractivity contribution in [2.24, 2.45) is 7.05 Å². The van der Waals surface area contributed by atoms with E-state index in [4.69, 9.17) is 10.1 Å². The van der Waals surface area contributed by atoms with E-state index in [-0.39, 0.29) is 0 Å². The van der Waals surface area contributed by atoms with Gasteiger partial charge in [-0.15, -0.1) is 0 Å². The van der Waals surface area contributed by atoms with Crippen LogP contribution in [0.15, 0.2) is 55.0 Å². The highest BCUT2D eigenvalue weighted by atomic mass is 15.3. The molecule has 1 aliphatic heterocycles. The summed E-state index contributed by atoms with van der Waals surface area (Å²) in [6.45, 7) is 2.67. The molecule has 0 unspecified atom stereocenters. The third kappa shape index (κ3) is 2.98. The molecule has 0 N–H and O–H groups in total. The number of hydrogen-bond acceptors (Lipinski definition) is 5. The first-order valence-corrected chi connectivity index (χ1v) is 9.16. The van der Waals surface area contributed by atoms with Gasteiger partial charge in [0.25, 0.3) is 0 Å². The van der Waals surface area contributed by atoms with Gasteiger partial charge < -0.3 is 0 Å². The lowest BCUT2D eigenvalue weighted by Gasteiger charge is -2.27. The fourth-order valence-corrected chi connectivity index (χ4v) is 3.76. The molecular weight excluding hydrogens is 336 g/mol. The molecule has 6 heteroatoms. The molecule has 1 aromatic carbocycles. The second-order valence-corrected chi connectivity index (χ2v) is 6.96. The first kappa shape index (κ1) is 16.1. The Kier molecular flexibility index (Phi) is 3.90. The Bertz CT molecular complexity index is 1100. The van der Waals surface area contributed by atoms with Crippen LogP contribution < -0.4 is 0 Å². The van der Waals surface area contributed by atoms with Gasteiger partial charge in [-0.2, -0.15) is 5.10 Å². The minimum atomic E-state index is 0.756. The molecule has 3 aromatic heterocycles. The Labute approximate surface area is 157 Å². The lowest BCUT2D eigenvalue weighted by Crippen LogP contribution is -2.31. The first-order chi connectivity index (χ1) is 13.3. The standard InChI is InChI=1S/C21H20N6/c1-26-20-7-3-2-6-17(20)19(25-26)14-27-10-8-18-16(13-27)12-23-21(24-18)15-5-4-9-22-11-15/h2-7,9,11-12H,8,10,13-14H2,1H3. The zero-order valence-electron chi connectivity index (χ0n) is 15.2. The maximum Gasteiger partial charge on any atom is 0.160 e. The molecule has 0 fully saturated rings. The number of fused-ring (bicyclic) bond motifs is 2. The Hall–Kier alpha value is -3.12. The van der Waals surface area contributed by atoms with Gasteiger partial charge >= 0.3 is 0 Å². The van der Waals surface area contributed by atoms with Crippen LogP contribution in [0.5, 0.6) is 0 Å². The Balaban J connectivity index is 1.38. The number of rotatable bonds is 3. The van der Waals surface area contributed by atoms with Gasteiger partial charge in [0, 0.05) is 68.2 Å². The van der Waals surface area contributed by atoms with Gasteiger partial charge in [-0.05, 0) is 18.2 Å². The van der Waals surface area contributed by atoms with E-state index in [1.165, 1.54) is 16.5 Å². The van der Waals surface area contributed by atoms with E-state index in [0.29, 0.717) is 0 Å². The number of aromatic nitrogens is 5. The summed E-state index contributed by atoms with van der Waals surface area (Å²) in [5.41, 5.74) is 5.61. The van der Waals surface area contributed by atoms with Crippen molar-refractivity contribution in [2.45, 2.75) is 19.5 Å². The highest BCUT2D eigenvalue weighted by Gasteiger charge is 2.20. The smallest absolute Gasteiger partial charge is 0.160 e. The molecule has 0 radical (unpaired) electrons. The molecule has 4 heterocycles. The van der Waals surface area contributed by atoms with Gasteiger partial charge in [-0.1, -0.05) is 18.2 Å². The van der Waals surface area contributed by atoms with Crippen LogP contribution in [0.4, 0.5) is 0 Å². The van der Waals surface area contributed by atoms with Gasteiger partial charge in [0.1, 0.15) is 0 Å². The number of pyridine rings is 1. The molecule has 0 atom stereocenters. The molecule has 27 heavy (non-hydrogen) atoms. The molecule has 0 saturated carbocycles. The summed E-state index contributed by atoms with van der Waals surface area (Å²) in [6.07, 6.45) is 6.47. The van der Waals surface area contributed by atoms with Crippen LogP contribution >= 0.6 is 0 Å². The maximum atomic E-state index is 4.78. The van der Waals surface area contributed by atoms with E-state index in [1.54, 1.807) is 6.20 Å². The number of benzene rings is 1. The maximum absolute atomic E-state index is 4.78. The van der Waals surface area contributed by atoms with Crippen molar-refractivity contribution >= 4 is 10.9 Å². The van der Waals surface area contributed by atoms with Crippen molar-refractivity contribution in [1.82, 2.24) is 29.6 Å².